The van der Waals surface area contributed by atoms with Crippen LogP contribution in [0.2, 0.25) is 0 Å². The quantitative estimate of drug-likeness (QED) is 0.860. The van der Waals surface area contributed by atoms with E-state index in [1.165, 1.54) is 24.6 Å². The van der Waals surface area contributed by atoms with Gasteiger partial charge >= 0.3 is 0 Å². The predicted octanol–water partition coefficient (Wildman–Crippen LogP) is 3.88. The van der Waals surface area contributed by atoms with Crippen molar-refractivity contribution in [2.45, 2.75) is 32.2 Å². The normalized spacial score (nSPS) is 18.2. The van der Waals surface area contributed by atoms with Gasteiger partial charge in [-0.3, -0.25) is 0 Å². The lowest BCUT2D eigenvalue weighted by Crippen LogP contribution is -2.31. The molecule has 1 fully saturated rings. The third kappa shape index (κ3) is 1.98. The molecule has 1 aromatic heterocycles. The second-order valence-corrected chi connectivity index (χ2v) is 4.91. The van der Waals surface area contributed by atoms with Crippen LogP contribution in [0.25, 0.3) is 11.0 Å². The van der Waals surface area contributed by atoms with Gasteiger partial charge in [0.25, 0.3) is 0 Å². The van der Waals surface area contributed by atoms with Crippen LogP contribution in [0.5, 0.6) is 0 Å². The molecule has 1 heterocycles. The number of hydrogen-bond acceptors (Lipinski definition) is 2. The van der Waals surface area contributed by atoms with E-state index in [9.17, 15) is 0 Å². The van der Waals surface area contributed by atoms with Crippen LogP contribution in [0.4, 0.5) is 0 Å². The zero-order chi connectivity index (χ0) is 11.7. The average Bonchev–Trinajstić information content (AvgIpc) is 2.69. The first-order chi connectivity index (χ1) is 8.38. The summed E-state index contributed by atoms with van der Waals surface area (Å²) in [6, 6.07) is 10.9. The molecule has 1 saturated carbocycles. The Morgan fingerprint density at radius 1 is 1.35 bits per heavy atom. The zero-order valence-corrected chi connectivity index (χ0v) is 10.3. The smallest absolute Gasteiger partial charge is 0.134 e. The number of hydrogen-bond donors (Lipinski definition) is 1. The largest absolute Gasteiger partial charge is 0.459 e. The molecular weight excluding hydrogens is 210 g/mol. The monoisotopic (exact) mass is 229 g/mol. The highest BCUT2D eigenvalue weighted by atomic mass is 16.3. The molecule has 0 amide bonds. The van der Waals surface area contributed by atoms with Crippen LogP contribution in [0.1, 0.15) is 38.0 Å². The maximum Gasteiger partial charge on any atom is 0.134 e. The lowest BCUT2D eigenvalue weighted by molar-refractivity contribution is 0.212. The molecule has 0 radical (unpaired) electrons. The lowest BCUT2D eigenvalue weighted by Gasteiger charge is -2.32. The summed E-state index contributed by atoms with van der Waals surface area (Å²) in [5.41, 5.74) is 1.00. The third-order valence-electron chi connectivity index (χ3n) is 3.80. The Morgan fingerprint density at radius 2 is 2.18 bits per heavy atom. The topological polar surface area (TPSA) is 25.2 Å². The number of rotatable bonds is 4. The van der Waals surface area contributed by atoms with E-state index in [1.807, 2.05) is 12.1 Å². The molecular formula is C15H19NO. The lowest BCUT2D eigenvalue weighted by atomic mass is 9.79. The van der Waals surface area contributed by atoms with E-state index in [1.54, 1.807) is 0 Å². The summed E-state index contributed by atoms with van der Waals surface area (Å²) in [6.07, 6.45) is 4.02. The Bertz CT molecular complexity index is 465. The number of furan rings is 1. The van der Waals surface area contributed by atoms with Crippen molar-refractivity contribution in [3.05, 3.63) is 36.1 Å². The van der Waals surface area contributed by atoms with Crippen LogP contribution in [-0.4, -0.2) is 6.54 Å². The second kappa shape index (κ2) is 4.53. The maximum absolute atomic E-state index is 5.98. The summed E-state index contributed by atoms with van der Waals surface area (Å²) < 4.78 is 5.98. The fourth-order valence-electron chi connectivity index (χ4n) is 2.65. The molecule has 2 nitrogen and oxygen atoms in total. The Balaban J connectivity index is 1.93. The van der Waals surface area contributed by atoms with Gasteiger partial charge in [-0.2, -0.15) is 0 Å². The maximum atomic E-state index is 5.98. The third-order valence-corrected chi connectivity index (χ3v) is 3.80. The SMILES string of the molecule is CCNC(c1cc2ccccc2o1)C1CCC1. The van der Waals surface area contributed by atoms with Crippen molar-refractivity contribution in [2.24, 2.45) is 5.92 Å². The highest BCUT2D eigenvalue weighted by Crippen LogP contribution is 2.39. The molecule has 0 bridgehead atoms. The number of nitrogens with one attached hydrogen (secondary N) is 1. The molecule has 3 rings (SSSR count). The van der Waals surface area contributed by atoms with Crippen LogP contribution < -0.4 is 5.32 Å². The number of benzene rings is 1. The first-order valence-electron chi connectivity index (χ1n) is 6.60. The van der Waals surface area contributed by atoms with Gasteiger partial charge < -0.3 is 9.73 Å². The van der Waals surface area contributed by atoms with Crippen LogP contribution in [0, 0.1) is 5.92 Å². The van der Waals surface area contributed by atoms with E-state index in [0.29, 0.717) is 6.04 Å². The minimum absolute atomic E-state index is 0.404. The minimum Gasteiger partial charge on any atom is -0.459 e. The molecule has 2 aromatic rings. The van der Waals surface area contributed by atoms with Gasteiger partial charge in [0.1, 0.15) is 11.3 Å². The van der Waals surface area contributed by atoms with Crippen molar-refractivity contribution >= 4 is 11.0 Å². The number of fused-ring (bicyclic) bond motifs is 1. The van der Waals surface area contributed by atoms with E-state index in [-0.39, 0.29) is 0 Å². The van der Waals surface area contributed by atoms with Crippen LogP contribution in [-0.2, 0) is 0 Å². The highest BCUT2D eigenvalue weighted by Gasteiger charge is 2.30. The van der Waals surface area contributed by atoms with Crippen molar-refractivity contribution in [1.29, 1.82) is 0 Å². The standard InChI is InChI=1S/C15H19NO/c1-2-16-15(11-7-5-8-11)14-10-12-6-3-4-9-13(12)17-14/h3-4,6,9-11,15-16H,2,5,7-8H2,1H3. The van der Waals surface area contributed by atoms with E-state index >= 15 is 0 Å². The predicted molar refractivity (Wildman–Crippen MR) is 70.0 cm³/mol. The Labute approximate surface area is 102 Å². The van der Waals surface area contributed by atoms with Gasteiger partial charge in [-0.15, -0.1) is 0 Å². The average molecular weight is 229 g/mol. The Hall–Kier alpha value is -1.28. The fraction of sp³-hybridized carbons (Fsp3) is 0.467. The van der Waals surface area contributed by atoms with Crippen LogP contribution in [0.3, 0.4) is 0 Å². The van der Waals surface area contributed by atoms with Crippen molar-refractivity contribution in [3.63, 3.8) is 0 Å². The number of para-hydroxylation sites is 1. The summed E-state index contributed by atoms with van der Waals surface area (Å²) in [4.78, 5) is 0. The van der Waals surface area contributed by atoms with Crippen molar-refractivity contribution in [3.8, 4) is 0 Å². The first-order valence-corrected chi connectivity index (χ1v) is 6.60. The van der Waals surface area contributed by atoms with E-state index in [4.69, 9.17) is 4.42 Å². The second-order valence-electron chi connectivity index (χ2n) is 4.91. The van der Waals surface area contributed by atoms with Gasteiger partial charge in [0, 0.05) is 5.39 Å². The minimum atomic E-state index is 0.404. The van der Waals surface area contributed by atoms with Gasteiger partial charge in [0.05, 0.1) is 6.04 Å². The molecule has 1 aliphatic carbocycles. The fourth-order valence-corrected chi connectivity index (χ4v) is 2.65. The molecule has 1 atom stereocenters. The molecule has 1 aromatic carbocycles. The first kappa shape index (κ1) is 10.8. The highest BCUT2D eigenvalue weighted by molar-refractivity contribution is 5.77. The van der Waals surface area contributed by atoms with E-state index in [2.05, 4.69) is 30.4 Å². The van der Waals surface area contributed by atoms with Gasteiger partial charge in [-0.25, -0.2) is 0 Å². The summed E-state index contributed by atoms with van der Waals surface area (Å²) >= 11 is 0. The van der Waals surface area contributed by atoms with Gasteiger partial charge in [-0.1, -0.05) is 31.5 Å². The van der Waals surface area contributed by atoms with E-state index in [0.717, 1.165) is 23.8 Å². The zero-order valence-electron chi connectivity index (χ0n) is 10.3. The van der Waals surface area contributed by atoms with E-state index < -0.39 is 0 Å². The van der Waals surface area contributed by atoms with Crippen molar-refractivity contribution < 1.29 is 4.42 Å². The van der Waals surface area contributed by atoms with Crippen LogP contribution >= 0.6 is 0 Å². The molecule has 0 spiro atoms. The van der Waals surface area contributed by atoms with Crippen LogP contribution in [0.15, 0.2) is 34.7 Å². The van der Waals surface area contributed by atoms with Crippen molar-refractivity contribution in [1.82, 2.24) is 5.32 Å². The summed E-state index contributed by atoms with van der Waals surface area (Å²) in [5, 5.41) is 4.78. The Morgan fingerprint density at radius 3 is 2.82 bits per heavy atom. The molecule has 2 heteroatoms. The van der Waals surface area contributed by atoms with Gasteiger partial charge in [-0.05, 0) is 37.4 Å². The summed E-state index contributed by atoms with van der Waals surface area (Å²) in [5.74, 6) is 1.87. The summed E-state index contributed by atoms with van der Waals surface area (Å²) in [6.45, 7) is 3.16. The Kier molecular flexibility index (Phi) is 2.89. The molecule has 0 saturated heterocycles. The molecule has 1 aliphatic rings. The van der Waals surface area contributed by atoms with Crippen molar-refractivity contribution in [2.75, 3.05) is 6.54 Å². The van der Waals surface area contributed by atoms with Gasteiger partial charge in [0.15, 0.2) is 0 Å². The molecule has 0 aliphatic heterocycles. The molecule has 17 heavy (non-hydrogen) atoms. The summed E-state index contributed by atoms with van der Waals surface area (Å²) in [7, 11) is 0. The molecule has 1 N–H and O–H groups in total. The molecule has 1 unspecified atom stereocenters. The molecule has 90 valence electrons. The van der Waals surface area contributed by atoms with Gasteiger partial charge in [0.2, 0.25) is 0 Å².